The zero-order valence-electron chi connectivity index (χ0n) is 8.34. The molecular weight excluding hydrogens is 182 g/mol. The van der Waals surface area contributed by atoms with Crippen LogP contribution in [0.15, 0.2) is 0 Å². The monoisotopic (exact) mass is 197 g/mol. The lowest BCUT2D eigenvalue weighted by atomic mass is 9.70. The molecule has 0 radical (unpaired) electrons. The van der Waals surface area contributed by atoms with Crippen LogP contribution < -0.4 is 5.32 Å². The minimum Gasteiger partial charge on any atom is -0.380 e. The summed E-state index contributed by atoms with van der Waals surface area (Å²) in [4.78, 5) is 22.9. The highest BCUT2D eigenvalue weighted by Gasteiger charge is 2.53. The molecule has 4 nitrogen and oxygen atoms in total. The molecule has 2 rings (SSSR count). The molecule has 1 heterocycles. The number of carbonyl (C=O) groups is 2. The van der Waals surface area contributed by atoms with E-state index in [4.69, 9.17) is 4.74 Å². The Morgan fingerprint density at radius 1 is 1.43 bits per heavy atom. The summed E-state index contributed by atoms with van der Waals surface area (Å²) in [7, 11) is 1.62. The third-order valence-corrected chi connectivity index (χ3v) is 3.42. The van der Waals surface area contributed by atoms with E-state index in [0.717, 1.165) is 25.7 Å². The summed E-state index contributed by atoms with van der Waals surface area (Å²) in [6.45, 7) is 0. The number of hydrogen-bond acceptors (Lipinski definition) is 3. The van der Waals surface area contributed by atoms with Gasteiger partial charge in [0.05, 0.1) is 11.5 Å². The highest BCUT2D eigenvalue weighted by molar-refractivity contribution is 6.06. The number of hydrogen-bond donors (Lipinski definition) is 1. The molecule has 1 spiro atoms. The average molecular weight is 197 g/mol. The van der Waals surface area contributed by atoms with Gasteiger partial charge in [-0.05, 0) is 12.8 Å². The average Bonchev–Trinajstić information content (AvgIpc) is 2.43. The summed E-state index contributed by atoms with van der Waals surface area (Å²) >= 11 is 0. The van der Waals surface area contributed by atoms with Crippen LogP contribution >= 0.6 is 0 Å². The van der Waals surface area contributed by atoms with Crippen molar-refractivity contribution < 1.29 is 14.3 Å². The first-order valence-corrected chi connectivity index (χ1v) is 5.06. The fourth-order valence-electron chi connectivity index (χ4n) is 2.67. The van der Waals surface area contributed by atoms with Gasteiger partial charge >= 0.3 is 0 Å². The quantitative estimate of drug-likeness (QED) is 0.626. The lowest BCUT2D eigenvalue weighted by Crippen LogP contribution is -2.45. The normalized spacial score (nSPS) is 37.6. The SMILES string of the molecule is COC1CCCCC12CC(=O)NC2=O. The van der Waals surface area contributed by atoms with Crippen LogP contribution in [0.25, 0.3) is 0 Å². The number of imide groups is 1. The number of amides is 2. The molecule has 2 amide bonds. The van der Waals surface area contributed by atoms with E-state index in [1.165, 1.54) is 0 Å². The minimum absolute atomic E-state index is 0.0808. The molecule has 2 aliphatic rings. The Morgan fingerprint density at radius 3 is 2.79 bits per heavy atom. The smallest absolute Gasteiger partial charge is 0.235 e. The van der Waals surface area contributed by atoms with E-state index in [9.17, 15) is 9.59 Å². The minimum atomic E-state index is -0.552. The Hall–Kier alpha value is -0.900. The third-order valence-electron chi connectivity index (χ3n) is 3.42. The predicted molar refractivity (Wildman–Crippen MR) is 49.5 cm³/mol. The summed E-state index contributed by atoms with van der Waals surface area (Å²) in [6, 6.07) is 0. The predicted octanol–water partition coefficient (Wildman–Crippen LogP) is 0.608. The van der Waals surface area contributed by atoms with Crippen LogP contribution in [0.2, 0.25) is 0 Å². The third kappa shape index (κ3) is 1.25. The van der Waals surface area contributed by atoms with Crippen LogP contribution in [0.5, 0.6) is 0 Å². The molecule has 78 valence electrons. The number of rotatable bonds is 1. The van der Waals surface area contributed by atoms with E-state index in [1.54, 1.807) is 7.11 Å². The lowest BCUT2D eigenvalue weighted by molar-refractivity contribution is -0.139. The molecule has 0 aromatic rings. The largest absolute Gasteiger partial charge is 0.380 e. The van der Waals surface area contributed by atoms with Gasteiger partial charge in [-0.3, -0.25) is 14.9 Å². The van der Waals surface area contributed by atoms with E-state index < -0.39 is 5.41 Å². The maximum Gasteiger partial charge on any atom is 0.235 e. The Bertz CT molecular complexity index is 277. The van der Waals surface area contributed by atoms with Crippen LogP contribution in [0, 0.1) is 5.41 Å². The van der Waals surface area contributed by atoms with Gasteiger partial charge in [0.15, 0.2) is 0 Å². The summed E-state index contributed by atoms with van der Waals surface area (Å²) < 4.78 is 5.33. The molecule has 1 saturated carbocycles. The summed E-state index contributed by atoms with van der Waals surface area (Å²) in [5, 5.41) is 2.38. The van der Waals surface area contributed by atoms with Gasteiger partial charge in [0.2, 0.25) is 11.8 Å². The van der Waals surface area contributed by atoms with E-state index in [2.05, 4.69) is 5.32 Å². The standard InChI is InChI=1S/C10H15NO3/c1-14-7-4-2-3-5-10(7)6-8(12)11-9(10)13/h7H,2-6H2,1H3,(H,11,12,13). The molecule has 0 bridgehead atoms. The van der Waals surface area contributed by atoms with E-state index >= 15 is 0 Å². The van der Waals surface area contributed by atoms with Crippen molar-refractivity contribution in [3.05, 3.63) is 0 Å². The van der Waals surface area contributed by atoms with Crippen LogP contribution in [-0.2, 0) is 14.3 Å². The molecule has 1 N–H and O–H groups in total. The number of nitrogens with one attached hydrogen (secondary N) is 1. The molecule has 1 saturated heterocycles. The molecule has 0 aromatic carbocycles. The van der Waals surface area contributed by atoms with E-state index in [1.807, 2.05) is 0 Å². The lowest BCUT2D eigenvalue weighted by Gasteiger charge is -2.37. The molecule has 2 atom stereocenters. The van der Waals surface area contributed by atoms with Gasteiger partial charge in [0.25, 0.3) is 0 Å². The van der Waals surface area contributed by atoms with Crippen molar-refractivity contribution >= 4 is 11.8 Å². The number of ether oxygens (including phenoxy) is 1. The summed E-state index contributed by atoms with van der Waals surface area (Å²) in [5.74, 6) is -0.284. The topological polar surface area (TPSA) is 55.4 Å². The zero-order valence-corrected chi connectivity index (χ0v) is 8.34. The molecular formula is C10H15NO3. The number of carbonyl (C=O) groups excluding carboxylic acids is 2. The van der Waals surface area contributed by atoms with Crippen LogP contribution in [0.1, 0.15) is 32.1 Å². The number of methoxy groups -OCH3 is 1. The fourth-order valence-corrected chi connectivity index (χ4v) is 2.67. The van der Waals surface area contributed by atoms with Crippen molar-refractivity contribution in [2.45, 2.75) is 38.2 Å². The van der Waals surface area contributed by atoms with E-state index in [0.29, 0.717) is 6.42 Å². The summed E-state index contributed by atoms with van der Waals surface area (Å²) in [5.41, 5.74) is -0.552. The second-order valence-corrected chi connectivity index (χ2v) is 4.18. The highest BCUT2D eigenvalue weighted by Crippen LogP contribution is 2.43. The second kappa shape index (κ2) is 3.35. The first-order chi connectivity index (χ1) is 6.69. The first kappa shape index (κ1) is 9.65. The Balaban J connectivity index is 2.26. The Kier molecular flexibility index (Phi) is 2.31. The summed E-state index contributed by atoms with van der Waals surface area (Å²) in [6.07, 6.45) is 4.00. The van der Waals surface area contributed by atoms with Gasteiger partial charge in [-0.2, -0.15) is 0 Å². The van der Waals surface area contributed by atoms with E-state index in [-0.39, 0.29) is 17.9 Å². The van der Waals surface area contributed by atoms with Crippen molar-refractivity contribution in [2.24, 2.45) is 5.41 Å². The molecule has 1 aliphatic carbocycles. The van der Waals surface area contributed by atoms with Crippen molar-refractivity contribution in [3.63, 3.8) is 0 Å². The molecule has 2 fully saturated rings. The maximum absolute atomic E-state index is 11.7. The van der Waals surface area contributed by atoms with Crippen molar-refractivity contribution in [3.8, 4) is 0 Å². The van der Waals surface area contributed by atoms with Crippen molar-refractivity contribution in [1.82, 2.24) is 5.32 Å². The molecule has 0 aromatic heterocycles. The van der Waals surface area contributed by atoms with Crippen LogP contribution in [-0.4, -0.2) is 25.0 Å². The van der Waals surface area contributed by atoms with Gasteiger partial charge < -0.3 is 4.74 Å². The first-order valence-electron chi connectivity index (χ1n) is 5.06. The van der Waals surface area contributed by atoms with Gasteiger partial charge in [0.1, 0.15) is 0 Å². The molecule has 14 heavy (non-hydrogen) atoms. The van der Waals surface area contributed by atoms with Gasteiger partial charge in [-0.1, -0.05) is 12.8 Å². The van der Waals surface area contributed by atoms with Gasteiger partial charge in [-0.15, -0.1) is 0 Å². The molecule has 1 aliphatic heterocycles. The molecule has 2 unspecified atom stereocenters. The van der Waals surface area contributed by atoms with Crippen LogP contribution in [0.4, 0.5) is 0 Å². The second-order valence-electron chi connectivity index (χ2n) is 4.18. The maximum atomic E-state index is 11.7. The molecule has 4 heteroatoms. The Labute approximate surface area is 83.0 Å². The fraction of sp³-hybridized carbons (Fsp3) is 0.800. The highest BCUT2D eigenvalue weighted by atomic mass is 16.5. The van der Waals surface area contributed by atoms with Gasteiger partial charge in [0, 0.05) is 13.5 Å². The zero-order chi connectivity index (χ0) is 10.2. The Morgan fingerprint density at radius 2 is 2.21 bits per heavy atom. The van der Waals surface area contributed by atoms with Gasteiger partial charge in [-0.25, -0.2) is 0 Å². The van der Waals surface area contributed by atoms with Crippen molar-refractivity contribution in [2.75, 3.05) is 7.11 Å². The van der Waals surface area contributed by atoms with Crippen LogP contribution in [0.3, 0.4) is 0 Å². The van der Waals surface area contributed by atoms with Crippen molar-refractivity contribution in [1.29, 1.82) is 0 Å².